The summed E-state index contributed by atoms with van der Waals surface area (Å²) in [6.07, 6.45) is 0.834. The number of para-hydroxylation sites is 1. The molecule has 0 aliphatic heterocycles. The highest BCUT2D eigenvalue weighted by Gasteiger charge is 2.02. The maximum atomic E-state index is 5.37. The van der Waals surface area contributed by atoms with Crippen LogP contribution >= 0.6 is 0 Å². The smallest absolute Gasteiger partial charge is 0.229 e. The molecule has 0 atom stereocenters. The number of nitrogens with zero attached hydrogens (tertiary/aromatic N) is 2. The zero-order chi connectivity index (χ0) is 12.1. The molecule has 0 unspecified atom stereocenters. The van der Waals surface area contributed by atoms with Crippen molar-refractivity contribution in [3.8, 4) is 0 Å². The third-order valence-corrected chi connectivity index (χ3v) is 2.32. The third-order valence-electron chi connectivity index (χ3n) is 2.32. The minimum Gasteiger partial charge on any atom is -0.324 e. The van der Waals surface area contributed by atoms with Gasteiger partial charge in [0.15, 0.2) is 0 Å². The molecule has 1 heterocycles. The third kappa shape index (κ3) is 2.92. The van der Waals surface area contributed by atoms with E-state index in [1.807, 2.05) is 43.3 Å². The highest BCUT2D eigenvalue weighted by Crippen LogP contribution is 2.15. The summed E-state index contributed by atoms with van der Waals surface area (Å²) < 4.78 is 0. The fourth-order valence-electron chi connectivity index (χ4n) is 1.46. The van der Waals surface area contributed by atoms with Gasteiger partial charge in [-0.1, -0.05) is 25.1 Å². The van der Waals surface area contributed by atoms with Crippen LogP contribution < -0.4 is 16.6 Å². The Bertz CT molecular complexity index is 461. The van der Waals surface area contributed by atoms with E-state index in [1.165, 1.54) is 0 Å². The summed E-state index contributed by atoms with van der Waals surface area (Å²) in [6, 6.07) is 11.6. The van der Waals surface area contributed by atoms with Gasteiger partial charge in [0.2, 0.25) is 5.95 Å². The molecule has 0 radical (unpaired) electrons. The average molecular weight is 229 g/mol. The first kappa shape index (κ1) is 11.3. The molecule has 0 fully saturated rings. The van der Waals surface area contributed by atoms with Gasteiger partial charge in [0.25, 0.3) is 0 Å². The summed E-state index contributed by atoms with van der Waals surface area (Å²) in [5.41, 5.74) is 4.42. The van der Waals surface area contributed by atoms with Gasteiger partial charge >= 0.3 is 0 Å². The molecule has 0 aliphatic rings. The molecular weight excluding hydrogens is 214 g/mol. The molecule has 0 saturated heterocycles. The van der Waals surface area contributed by atoms with Gasteiger partial charge in [-0.25, -0.2) is 10.8 Å². The number of nitrogens with two attached hydrogens (primary N) is 1. The zero-order valence-corrected chi connectivity index (χ0v) is 9.64. The van der Waals surface area contributed by atoms with Gasteiger partial charge in [-0.15, -0.1) is 0 Å². The first-order chi connectivity index (χ1) is 8.31. The molecule has 0 spiro atoms. The van der Waals surface area contributed by atoms with Gasteiger partial charge in [0.1, 0.15) is 5.82 Å². The second-order valence-electron chi connectivity index (χ2n) is 3.56. The molecule has 2 aromatic rings. The van der Waals surface area contributed by atoms with Gasteiger partial charge in [-0.05, 0) is 18.6 Å². The van der Waals surface area contributed by atoms with E-state index in [0.29, 0.717) is 11.8 Å². The first-order valence-corrected chi connectivity index (χ1v) is 5.48. The Balaban J connectivity index is 2.26. The van der Waals surface area contributed by atoms with Crippen molar-refractivity contribution in [3.05, 3.63) is 42.1 Å². The van der Waals surface area contributed by atoms with Gasteiger partial charge in [0, 0.05) is 17.4 Å². The van der Waals surface area contributed by atoms with E-state index in [0.717, 1.165) is 17.8 Å². The van der Waals surface area contributed by atoms with Crippen LogP contribution in [0.4, 0.5) is 17.5 Å². The van der Waals surface area contributed by atoms with E-state index < -0.39 is 0 Å². The number of benzene rings is 1. The Labute approximate surface area is 100 Å². The summed E-state index contributed by atoms with van der Waals surface area (Å²) in [5, 5.41) is 3.14. The number of hydrogen-bond donors (Lipinski definition) is 3. The minimum absolute atomic E-state index is 0.545. The minimum atomic E-state index is 0.545. The fraction of sp³-hybridized carbons (Fsp3) is 0.167. The standard InChI is InChI=1S/C12H15N5/c1-2-9-8-11(17-13)16-12(14-9)15-10-6-4-3-5-7-10/h3-8H,2,13H2,1H3,(H2,14,15,16,17). The van der Waals surface area contributed by atoms with E-state index in [4.69, 9.17) is 5.84 Å². The number of hydrazine groups is 1. The Kier molecular flexibility index (Phi) is 3.52. The topological polar surface area (TPSA) is 75.9 Å². The van der Waals surface area contributed by atoms with Crippen LogP contribution in [-0.4, -0.2) is 9.97 Å². The van der Waals surface area contributed by atoms with E-state index in [1.54, 1.807) is 0 Å². The molecule has 4 N–H and O–H groups in total. The second-order valence-corrected chi connectivity index (χ2v) is 3.56. The van der Waals surface area contributed by atoms with Crippen molar-refractivity contribution in [3.63, 3.8) is 0 Å². The van der Waals surface area contributed by atoms with Gasteiger partial charge in [-0.3, -0.25) is 0 Å². The molecular formula is C12H15N5. The molecule has 0 saturated carbocycles. The van der Waals surface area contributed by atoms with E-state index in [-0.39, 0.29) is 0 Å². The maximum absolute atomic E-state index is 5.37. The molecule has 0 bridgehead atoms. The largest absolute Gasteiger partial charge is 0.324 e. The van der Waals surface area contributed by atoms with Crippen LogP contribution in [0.3, 0.4) is 0 Å². The number of aryl methyl sites for hydroxylation is 1. The highest BCUT2D eigenvalue weighted by atomic mass is 15.3. The van der Waals surface area contributed by atoms with Gasteiger partial charge in [0.05, 0.1) is 0 Å². The van der Waals surface area contributed by atoms with E-state index in [9.17, 15) is 0 Å². The lowest BCUT2D eigenvalue weighted by atomic mass is 10.3. The Morgan fingerprint density at radius 3 is 2.59 bits per heavy atom. The van der Waals surface area contributed by atoms with Crippen molar-refractivity contribution in [2.45, 2.75) is 13.3 Å². The van der Waals surface area contributed by atoms with Crippen molar-refractivity contribution >= 4 is 17.5 Å². The monoisotopic (exact) mass is 229 g/mol. The number of nitrogen functional groups attached to an aromatic ring is 1. The van der Waals surface area contributed by atoms with Gasteiger partial charge in [-0.2, -0.15) is 4.98 Å². The number of aromatic nitrogens is 2. The average Bonchev–Trinajstić information content (AvgIpc) is 2.39. The lowest BCUT2D eigenvalue weighted by Crippen LogP contribution is -2.11. The predicted octanol–water partition coefficient (Wildman–Crippen LogP) is 2.07. The number of rotatable bonds is 4. The van der Waals surface area contributed by atoms with Crippen molar-refractivity contribution < 1.29 is 0 Å². The number of anilines is 3. The summed E-state index contributed by atoms with van der Waals surface area (Å²) in [5.74, 6) is 6.52. The van der Waals surface area contributed by atoms with Crippen LogP contribution in [0.2, 0.25) is 0 Å². The number of hydrogen-bond acceptors (Lipinski definition) is 5. The Morgan fingerprint density at radius 1 is 1.18 bits per heavy atom. The molecule has 0 aliphatic carbocycles. The molecule has 0 amide bonds. The molecule has 2 rings (SSSR count). The predicted molar refractivity (Wildman–Crippen MR) is 68.9 cm³/mol. The maximum Gasteiger partial charge on any atom is 0.229 e. The summed E-state index contributed by atoms with van der Waals surface area (Å²) >= 11 is 0. The zero-order valence-electron chi connectivity index (χ0n) is 9.64. The van der Waals surface area contributed by atoms with Crippen molar-refractivity contribution in [1.29, 1.82) is 0 Å². The molecule has 1 aromatic carbocycles. The normalized spacial score (nSPS) is 10.0. The van der Waals surface area contributed by atoms with E-state index >= 15 is 0 Å². The second kappa shape index (κ2) is 5.27. The van der Waals surface area contributed by atoms with Crippen molar-refractivity contribution in [2.75, 3.05) is 10.7 Å². The molecule has 5 nitrogen and oxygen atoms in total. The quantitative estimate of drug-likeness (QED) is 0.552. The Morgan fingerprint density at radius 2 is 1.94 bits per heavy atom. The lowest BCUT2D eigenvalue weighted by molar-refractivity contribution is 1.00. The first-order valence-electron chi connectivity index (χ1n) is 5.48. The fourth-order valence-corrected chi connectivity index (χ4v) is 1.46. The molecule has 17 heavy (non-hydrogen) atoms. The van der Waals surface area contributed by atoms with Crippen LogP contribution in [0.15, 0.2) is 36.4 Å². The Hall–Kier alpha value is -2.14. The van der Waals surface area contributed by atoms with Crippen LogP contribution in [0.1, 0.15) is 12.6 Å². The SMILES string of the molecule is CCc1cc(NN)nc(Nc2ccccc2)n1. The van der Waals surface area contributed by atoms with Crippen LogP contribution in [0, 0.1) is 0 Å². The number of nitrogens with one attached hydrogen (secondary N) is 2. The summed E-state index contributed by atoms with van der Waals surface area (Å²) in [4.78, 5) is 8.61. The van der Waals surface area contributed by atoms with Crippen LogP contribution in [0.25, 0.3) is 0 Å². The summed E-state index contributed by atoms with van der Waals surface area (Å²) in [6.45, 7) is 2.04. The highest BCUT2D eigenvalue weighted by molar-refractivity contribution is 5.54. The van der Waals surface area contributed by atoms with E-state index in [2.05, 4.69) is 20.7 Å². The lowest BCUT2D eigenvalue weighted by Gasteiger charge is -2.08. The molecule has 1 aromatic heterocycles. The van der Waals surface area contributed by atoms with Gasteiger partial charge < -0.3 is 10.7 Å². The van der Waals surface area contributed by atoms with Crippen molar-refractivity contribution in [1.82, 2.24) is 9.97 Å². The van der Waals surface area contributed by atoms with Crippen LogP contribution in [-0.2, 0) is 6.42 Å². The summed E-state index contributed by atoms with van der Waals surface area (Å²) in [7, 11) is 0. The van der Waals surface area contributed by atoms with Crippen LogP contribution in [0.5, 0.6) is 0 Å². The molecule has 5 heteroatoms. The van der Waals surface area contributed by atoms with Crippen molar-refractivity contribution in [2.24, 2.45) is 5.84 Å². The molecule has 88 valence electrons.